The topological polar surface area (TPSA) is 26.3 Å². The number of hydrogen-bond acceptors (Lipinski definition) is 2. The molecule has 0 aromatic rings. The molecule has 0 N–H and O–H groups in total. The highest BCUT2D eigenvalue weighted by Crippen LogP contribution is 2.18. The third kappa shape index (κ3) is 22.2. The third-order valence-electron chi connectivity index (χ3n) is 4.02. The van der Waals surface area contributed by atoms with Crippen molar-refractivity contribution in [2.24, 2.45) is 5.41 Å². The van der Waals surface area contributed by atoms with E-state index in [2.05, 4.69) is 88.5 Å². The molecule has 0 aromatic heterocycles. The zero-order chi connectivity index (χ0) is 20.9. The molecule has 0 unspecified atom stereocenters. The van der Waals surface area contributed by atoms with Gasteiger partial charge in [-0.15, -0.1) is 0 Å². The van der Waals surface area contributed by atoms with Crippen LogP contribution in [0.3, 0.4) is 0 Å². The van der Waals surface area contributed by atoms with Gasteiger partial charge in [0, 0.05) is 6.42 Å². The Morgan fingerprint density at radius 2 is 1.21 bits per heavy atom. The maximum absolute atomic E-state index is 11.6. The summed E-state index contributed by atoms with van der Waals surface area (Å²) in [6.45, 7) is 9.15. The second kappa shape index (κ2) is 18.5. The van der Waals surface area contributed by atoms with Crippen LogP contribution in [-0.2, 0) is 9.53 Å². The van der Waals surface area contributed by atoms with Gasteiger partial charge in [-0.3, -0.25) is 4.79 Å². The van der Waals surface area contributed by atoms with Crippen LogP contribution in [0.5, 0.6) is 0 Å². The van der Waals surface area contributed by atoms with Gasteiger partial charge in [-0.2, -0.15) is 0 Å². The van der Waals surface area contributed by atoms with Crippen molar-refractivity contribution >= 4 is 5.97 Å². The first kappa shape index (κ1) is 26.2. The minimum absolute atomic E-state index is 0.0726. The zero-order valence-electron chi connectivity index (χ0n) is 18.7. The first-order chi connectivity index (χ1) is 13.5. The van der Waals surface area contributed by atoms with Crippen molar-refractivity contribution in [2.75, 3.05) is 6.61 Å². The highest BCUT2D eigenvalue weighted by atomic mass is 16.5. The van der Waals surface area contributed by atoms with Crippen LogP contribution in [-0.4, -0.2) is 12.6 Å². The third-order valence-corrected chi connectivity index (χ3v) is 4.02. The maximum Gasteiger partial charge on any atom is 0.305 e. The van der Waals surface area contributed by atoms with Gasteiger partial charge in [-0.05, 0) is 56.8 Å². The highest BCUT2D eigenvalue weighted by molar-refractivity contribution is 5.69. The minimum Gasteiger partial charge on any atom is -0.466 e. The van der Waals surface area contributed by atoms with Crippen molar-refractivity contribution in [3.8, 4) is 0 Å². The van der Waals surface area contributed by atoms with Crippen LogP contribution in [0.4, 0.5) is 0 Å². The molecule has 0 rings (SSSR count). The van der Waals surface area contributed by atoms with Gasteiger partial charge in [-0.25, -0.2) is 0 Å². The van der Waals surface area contributed by atoms with Gasteiger partial charge in [0.15, 0.2) is 0 Å². The molecule has 0 aliphatic carbocycles. The van der Waals surface area contributed by atoms with Gasteiger partial charge < -0.3 is 4.74 Å². The monoisotopic (exact) mass is 386 g/mol. The lowest BCUT2D eigenvalue weighted by Crippen LogP contribution is -2.12. The first-order valence-electron chi connectivity index (χ1n) is 10.9. The average Bonchev–Trinajstić information content (AvgIpc) is 2.63. The van der Waals surface area contributed by atoms with E-state index in [1.165, 1.54) is 0 Å². The molecule has 0 bridgehead atoms. The Morgan fingerprint density at radius 1 is 0.750 bits per heavy atom. The Hall–Kier alpha value is -1.83. The summed E-state index contributed by atoms with van der Waals surface area (Å²) in [5.41, 5.74) is 0.217. The molecule has 0 spiro atoms. The summed E-state index contributed by atoms with van der Waals surface area (Å²) in [6.07, 6.45) is 30.2. The van der Waals surface area contributed by atoms with Crippen molar-refractivity contribution in [1.29, 1.82) is 0 Å². The highest BCUT2D eigenvalue weighted by Gasteiger charge is 2.11. The number of allylic oxidation sites excluding steroid dienone is 10. The van der Waals surface area contributed by atoms with E-state index in [4.69, 9.17) is 4.74 Å². The Labute approximate surface area is 174 Å². The number of carbonyl (C=O) groups excluding carboxylic acids is 1. The van der Waals surface area contributed by atoms with Gasteiger partial charge in [-0.1, -0.05) is 88.5 Å². The number of esters is 1. The second-order valence-electron chi connectivity index (χ2n) is 8.13. The molecule has 0 aliphatic rings. The van der Waals surface area contributed by atoms with Crippen LogP contribution in [0.1, 0.15) is 85.5 Å². The molecule has 0 fully saturated rings. The number of ether oxygens (including phenoxy) is 1. The number of rotatable bonds is 15. The Bertz CT molecular complexity index is 513. The van der Waals surface area contributed by atoms with Gasteiger partial charge in [0.1, 0.15) is 0 Å². The molecule has 0 aromatic carbocycles. The van der Waals surface area contributed by atoms with Gasteiger partial charge >= 0.3 is 5.97 Å². The van der Waals surface area contributed by atoms with E-state index >= 15 is 0 Å². The van der Waals surface area contributed by atoms with Gasteiger partial charge in [0.25, 0.3) is 0 Å². The summed E-state index contributed by atoms with van der Waals surface area (Å²) in [5, 5.41) is 0. The van der Waals surface area contributed by atoms with Crippen LogP contribution in [0.25, 0.3) is 0 Å². The SMILES string of the molecule is CC/C=C\C/C=C\C/C=C\C/C=C\C/C=C\CCCC(=O)OCCC(C)(C)C. The Balaban J connectivity index is 3.55. The summed E-state index contributed by atoms with van der Waals surface area (Å²) in [5.74, 6) is -0.0726. The summed E-state index contributed by atoms with van der Waals surface area (Å²) >= 11 is 0. The first-order valence-corrected chi connectivity index (χ1v) is 10.9. The fourth-order valence-electron chi connectivity index (χ4n) is 2.28. The Morgan fingerprint density at radius 3 is 1.68 bits per heavy atom. The predicted octanol–water partition coefficient (Wildman–Crippen LogP) is 7.89. The molecule has 0 aliphatic heterocycles. The van der Waals surface area contributed by atoms with Crippen molar-refractivity contribution in [3.63, 3.8) is 0 Å². The largest absolute Gasteiger partial charge is 0.466 e. The summed E-state index contributed by atoms with van der Waals surface area (Å²) < 4.78 is 5.26. The van der Waals surface area contributed by atoms with E-state index in [1.807, 2.05) is 0 Å². The lowest BCUT2D eigenvalue weighted by Gasteiger charge is -2.17. The van der Waals surface area contributed by atoms with E-state index in [-0.39, 0.29) is 11.4 Å². The number of unbranched alkanes of at least 4 members (excludes halogenated alkanes) is 1. The molecule has 0 radical (unpaired) electrons. The van der Waals surface area contributed by atoms with Crippen molar-refractivity contribution in [2.45, 2.75) is 85.5 Å². The molecule has 158 valence electrons. The molecule has 2 nitrogen and oxygen atoms in total. The van der Waals surface area contributed by atoms with Crippen molar-refractivity contribution < 1.29 is 9.53 Å². The van der Waals surface area contributed by atoms with E-state index in [9.17, 15) is 4.79 Å². The van der Waals surface area contributed by atoms with Crippen LogP contribution < -0.4 is 0 Å². The van der Waals surface area contributed by atoms with Crippen LogP contribution in [0, 0.1) is 5.41 Å². The summed E-state index contributed by atoms with van der Waals surface area (Å²) in [4.78, 5) is 11.6. The van der Waals surface area contributed by atoms with Crippen LogP contribution in [0.2, 0.25) is 0 Å². The fraction of sp³-hybridized carbons (Fsp3) is 0.577. The van der Waals surface area contributed by atoms with Crippen molar-refractivity contribution in [1.82, 2.24) is 0 Å². The quantitative estimate of drug-likeness (QED) is 0.162. The molecule has 0 saturated carbocycles. The van der Waals surface area contributed by atoms with E-state index in [0.717, 1.165) is 51.4 Å². The number of carbonyl (C=O) groups is 1. The lowest BCUT2D eigenvalue weighted by molar-refractivity contribution is -0.144. The van der Waals surface area contributed by atoms with Crippen molar-refractivity contribution in [3.05, 3.63) is 60.8 Å². The second-order valence-corrected chi connectivity index (χ2v) is 8.13. The van der Waals surface area contributed by atoms with E-state index in [1.54, 1.807) is 0 Å². The molecule has 0 saturated heterocycles. The van der Waals surface area contributed by atoms with Gasteiger partial charge in [0.05, 0.1) is 6.61 Å². The standard InChI is InChI=1S/C26H42O2/c1-5-6-7-8-9-10-11-12-13-14-15-16-17-18-19-20-21-22-25(27)28-24-23-26(2,3)4/h6-7,9-10,12-13,15-16,18-19H,5,8,11,14,17,20-24H2,1-4H3/b7-6-,10-9-,13-12-,16-15-,19-18-. The molecule has 0 atom stereocenters. The lowest BCUT2D eigenvalue weighted by atomic mass is 9.93. The molecular formula is C26H42O2. The van der Waals surface area contributed by atoms with E-state index in [0.29, 0.717) is 13.0 Å². The summed E-state index contributed by atoms with van der Waals surface area (Å²) in [7, 11) is 0. The zero-order valence-corrected chi connectivity index (χ0v) is 18.7. The number of hydrogen-bond donors (Lipinski definition) is 0. The predicted molar refractivity (Wildman–Crippen MR) is 123 cm³/mol. The van der Waals surface area contributed by atoms with Gasteiger partial charge in [0.2, 0.25) is 0 Å². The molecule has 28 heavy (non-hydrogen) atoms. The Kier molecular flexibility index (Phi) is 17.3. The summed E-state index contributed by atoms with van der Waals surface area (Å²) in [6, 6.07) is 0. The van der Waals surface area contributed by atoms with Crippen LogP contribution in [0.15, 0.2) is 60.8 Å². The van der Waals surface area contributed by atoms with E-state index < -0.39 is 0 Å². The molecule has 0 heterocycles. The fourth-order valence-corrected chi connectivity index (χ4v) is 2.28. The minimum atomic E-state index is -0.0726. The maximum atomic E-state index is 11.6. The van der Waals surface area contributed by atoms with Crippen LogP contribution >= 0.6 is 0 Å². The average molecular weight is 387 g/mol. The smallest absolute Gasteiger partial charge is 0.305 e. The molecule has 2 heteroatoms. The molecular weight excluding hydrogens is 344 g/mol. The normalized spacial score (nSPS) is 13.1. The molecule has 0 amide bonds.